The van der Waals surface area contributed by atoms with E-state index in [0.717, 1.165) is 12.5 Å². The Bertz CT molecular complexity index is 1200. The van der Waals surface area contributed by atoms with Gasteiger partial charge in [-0.15, -0.1) is 12.6 Å². The summed E-state index contributed by atoms with van der Waals surface area (Å²) < 4.78 is 6.14. The van der Waals surface area contributed by atoms with Crippen molar-refractivity contribution in [2.75, 3.05) is 0 Å². The molecular weight excluding hydrogens is 488 g/mol. The van der Waals surface area contributed by atoms with Crippen LogP contribution in [-0.2, 0) is 28.8 Å². The summed E-state index contributed by atoms with van der Waals surface area (Å²) in [6.07, 6.45) is -3.40. The van der Waals surface area contributed by atoms with Crippen LogP contribution < -0.4 is 0 Å². The normalized spacial score (nSPS) is 32.6. The monoisotopic (exact) mass is 522 g/mol. The summed E-state index contributed by atoms with van der Waals surface area (Å²) in [4.78, 5) is 11.5. The maximum Gasteiger partial charge on any atom is 0.183 e. The lowest BCUT2D eigenvalue weighted by Gasteiger charge is -2.63. The van der Waals surface area contributed by atoms with E-state index < -0.39 is 39.7 Å². The first-order chi connectivity index (χ1) is 17.4. The van der Waals surface area contributed by atoms with Gasteiger partial charge in [-0.05, 0) is 30.5 Å². The van der Waals surface area contributed by atoms with Crippen LogP contribution in [0, 0.1) is 0 Å². The highest BCUT2D eigenvalue weighted by Crippen LogP contribution is 2.55. The number of ether oxygens (including phenoxy) is 1. The van der Waals surface area contributed by atoms with Gasteiger partial charge in [-0.1, -0.05) is 91.0 Å². The number of ketones is 1. The molecule has 1 fully saturated rings. The van der Waals surface area contributed by atoms with Crippen molar-refractivity contribution in [3.8, 4) is 0 Å². The molecule has 0 amide bonds. The topological polar surface area (TPSA) is 107 Å². The minimum Gasteiger partial charge on any atom is -0.390 e. The van der Waals surface area contributed by atoms with Crippen LogP contribution in [0.4, 0.5) is 0 Å². The molecule has 4 N–H and O–H groups in total. The molecule has 3 aromatic carbocycles. The number of rotatable bonds is 8. The first kappa shape index (κ1) is 27.5. The van der Waals surface area contributed by atoms with Crippen molar-refractivity contribution in [1.29, 1.82) is 0 Å². The maximum absolute atomic E-state index is 13.3. The van der Waals surface area contributed by atoms with Crippen LogP contribution in [-0.4, -0.2) is 60.2 Å². The zero-order valence-electron chi connectivity index (χ0n) is 21.0. The second-order valence-electron chi connectivity index (χ2n) is 10.1. The molecule has 0 aliphatic carbocycles. The standard InChI is InChI=1S/C30H34O6S/c1-21(31)30(35)26(25(32)18-22-12-6-3-7-13-22)36-27(2,37)28(33,19-23-14-8-4-9-15-23)29(30,34)20-24-16-10-5-11-17-24/h3-17,25-26,32-35,37H,18-20H2,1-2H3/t25?,26-,27-,28-,29-,30-/m1/s1. The summed E-state index contributed by atoms with van der Waals surface area (Å²) in [6.45, 7) is 2.61. The third-order valence-corrected chi connectivity index (χ3v) is 8.11. The zero-order chi connectivity index (χ0) is 26.9. The van der Waals surface area contributed by atoms with Gasteiger partial charge in [-0.25, -0.2) is 0 Å². The van der Waals surface area contributed by atoms with Gasteiger partial charge in [0.05, 0.1) is 6.10 Å². The third-order valence-electron chi connectivity index (χ3n) is 7.63. The number of aliphatic hydroxyl groups is 4. The Balaban J connectivity index is 1.89. The molecule has 1 aliphatic rings. The van der Waals surface area contributed by atoms with E-state index in [1.165, 1.54) is 6.92 Å². The summed E-state index contributed by atoms with van der Waals surface area (Å²) in [5.74, 6) is -0.835. The first-order valence-electron chi connectivity index (χ1n) is 12.3. The Morgan fingerprint density at radius 1 is 0.811 bits per heavy atom. The zero-order valence-corrected chi connectivity index (χ0v) is 21.9. The molecule has 37 heavy (non-hydrogen) atoms. The molecule has 0 radical (unpaired) electrons. The van der Waals surface area contributed by atoms with Gasteiger partial charge in [0.25, 0.3) is 0 Å². The number of hydrogen-bond acceptors (Lipinski definition) is 7. The Morgan fingerprint density at radius 2 is 1.22 bits per heavy atom. The van der Waals surface area contributed by atoms with E-state index in [0.29, 0.717) is 11.1 Å². The van der Waals surface area contributed by atoms with Crippen molar-refractivity contribution >= 4 is 18.4 Å². The first-order valence-corrected chi connectivity index (χ1v) is 12.8. The van der Waals surface area contributed by atoms with Gasteiger partial charge in [0.1, 0.15) is 22.2 Å². The molecule has 0 spiro atoms. The van der Waals surface area contributed by atoms with Crippen LogP contribution in [0.1, 0.15) is 30.5 Å². The fourth-order valence-electron chi connectivity index (χ4n) is 5.55. The number of Topliss-reactive ketones (excluding diaryl/α,β-unsaturated/α-hetero) is 1. The van der Waals surface area contributed by atoms with Crippen LogP contribution in [0.25, 0.3) is 0 Å². The summed E-state index contributed by atoms with van der Waals surface area (Å²) in [7, 11) is 0. The van der Waals surface area contributed by atoms with Crippen LogP contribution in [0.15, 0.2) is 91.0 Å². The van der Waals surface area contributed by atoms with E-state index in [1.54, 1.807) is 66.7 Å². The van der Waals surface area contributed by atoms with Crippen LogP contribution in [0.5, 0.6) is 0 Å². The highest BCUT2D eigenvalue weighted by atomic mass is 32.1. The van der Waals surface area contributed by atoms with Gasteiger partial charge in [0, 0.05) is 19.3 Å². The highest BCUT2D eigenvalue weighted by Gasteiger charge is 2.77. The van der Waals surface area contributed by atoms with Crippen molar-refractivity contribution in [3.63, 3.8) is 0 Å². The molecule has 0 saturated carbocycles. The van der Waals surface area contributed by atoms with Crippen molar-refractivity contribution < 1.29 is 30.0 Å². The number of carbonyl (C=O) groups is 1. The molecule has 6 atom stereocenters. The molecule has 1 aliphatic heterocycles. The Kier molecular flexibility index (Phi) is 7.68. The second kappa shape index (κ2) is 10.3. The van der Waals surface area contributed by atoms with Crippen molar-refractivity contribution in [1.82, 2.24) is 0 Å². The van der Waals surface area contributed by atoms with Crippen LogP contribution >= 0.6 is 12.6 Å². The molecule has 0 aromatic heterocycles. The fourth-order valence-corrected chi connectivity index (χ4v) is 5.93. The van der Waals surface area contributed by atoms with E-state index >= 15 is 0 Å². The van der Waals surface area contributed by atoms with Gasteiger partial charge in [0.2, 0.25) is 0 Å². The third kappa shape index (κ3) is 4.76. The largest absolute Gasteiger partial charge is 0.390 e. The number of carbonyl (C=O) groups excluding carboxylic acids is 1. The summed E-state index contributed by atoms with van der Waals surface area (Å²) in [5, 5.41) is 48.5. The lowest BCUT2D eigenvalue weighted by molar-refractivity contribution is -0.359. The van der Waals surface area contributed by atoms with Gasteiger partial charge in [-0.3, -0.25) is 4.79 Å². The minimum atomic E-state index is -2.68. The lowest BCUT2D eigenvalue weighted by atomic mass is 9.57. The number of benzene rings is 3. The van der Waals surface area contributed by atoms with Crippen molar-refractivity contribution in [2.45, 2.75) is 67.1 Å². The van der Waals surface area contributed by atoms with Crippen molar-refractivity contribution in [2.24, 2.45) is 0 Å². The summed E-state index contributed by atoms with van der Waals surface area (Å²) in [5.41, 5.74) is -5.46. The van der Waals surface area contributed by atoms with Crippen molar-refractivity contribution in [3.05, 3.63) is 108 Å². The molecule has 1 heterocycles. The molecule has 3 aromatic rings. The Labute approximate surface area is 223 Å². The molecule has 1 saturated heterocycles. The number of hydrogen-bond donors (Lipinski definition) is 5. The van der Waals surface area contributed by atoms with E-state index in [9.17, 15) is 25.2 Å². The molecule has 7 heteroatoms. The second-order valence-corrected chi connectivity index (χ2v) is 11.0. The van der Waals surface area contributed by atoms with E-state index in [2.05, 4.69) is 12.6 Å². The molecule has 196 valence electrons. The fraction of sp³-hybridized carbons (Fsp3) is 0.367. The predicted molar refractivity (Wildman–Crippen MR) is 144 cm³/mol. The summed E-state index contributed by atoms with van der Waals surface area (Å²) >= 11 is 4.67. The van der Waals surface area contributed by atoms with Gasteiger partial charge >= 0.3 is 0 Å². The molecule has 4 rings (SSSR count). The number of aliphatic hydroxyl groups excluding tert-OH is 1. The SMILES string of the molecule is CC(=O)[C@@]1(O)[C@@H](C(O)Cc2ccccc2)O[C@](C)(S)[C@](O)(Cc2ccccc2)[C@]1(O)Cc1ccccc1. The van der Waals surface area contributed by atoms with Gasteiger partial charge in [0.15, 0.2) is 11.4 Å². The molecular formula is C30H34O6S. The number of thiol groups is 1. The van der Waals surface area contributed by atoms with Crippen LogP contribution in [0.2, 0.25) is 0 Å². The highest BCUT2D eigenvalue weighted by molar-refractivity contribution is 7.81. The van der Waals surface area contributed by atoms with E-state index in [1.807, 2.05) is 24.3 Å². The van der Waals surface area contributed by atoms with Crippen LogP contribution in [0.3, 0.4) is 0 Å². The lowest BCUT2D eigenvalue weighted by Crippen LogP contribution is -2.86. The predicted octanol–water partition coefficient (Wildman–Crippen LogP) is 2.90. The summed E-state index contributed by atoms with van der Waals surface area (Å²) in [6, 6.07) is 26.8. The molecule has 1 unspecified atom stereocenters. The average molecular weight is 523 g/mol. The average Bonchev–Trinajstić information content (AvgIpc) is 2.87. The van der Waals surface area contributed by atoms with E-state index in [-0.39, 0.29) is 19.3 Å². The smallest absolute Gasteiger partial charge is 0.183 e. The molecule has 0 bridgehead atoms. The maximum atomic E-state index is 13.3. The Hall–Kier alpha value is -2.52. The van der Waals surface area contributed by atoms with Gasteiger partial charge < -0.3 is 25.2 Å². The quantitative estimate of drug-likeness (QED) is 0.291. The van der Waals surface area contributed by atoms with Gasteiger partial charge in [-0.2, -0.15) is 0 Å². The molecule has 6 nitrogen and oxygen atoms in total. The Morgan fingerprint density at radius 3 is 1.65 bits per heavy atom. The van der Waals surface area contributed by atoms with E-state index in [4.69, 9.17) is 4.74 Å². The minimum absolute atomic E-state index is 0.0451.